The Bertz CT molecular complexity index is 123. The minimum Gasteiger partial charge on any atom is -0.466 e. The first-order valence-electron chi connectivity index (χ1n) is 4.98. The number of rotatable bonds is 8. The molecule has 0 aliphatic carbocycles. The van der Waals surface area contributed by atoms with Crippen LogP contribution in [0.2, 0.25) is 0 Å². The first-order valence-corrected chi connectivity index (χ1v) is 4.98. The molecule has 0 N–H and O–H groups in total. The summed E-state index contributed by atoms with van der Waals surface area (Å²) in [7, 11) is 0. The Balaban J connectivity index is 2.87. The number of esters is 1. The monoisotopic (exact) mass is 188 g/mol. The molecule has 0 aromatic heterocycles. The molecular weight excluding hydrogens is 168 g/mol. The van der Waals surface area contributed by atoms with E-state index in [1.165, 1.54) is 6.92 Å². The van der Waals surface area contributed by atoms with Crippen LogP contribution < -0.4 is 0 Å². The van der Waals surface area contributed by atoms with Crippen LogP contribution in [-0.4, -0.2) is 25.8 Å². The fraction of sp³-hybridized carbons (Fsp3) is 0.900. The second kappa shape index (κ2) is 9.52. The molecule has 0 aromatic rings. The molecule has 0 aliphatic heterocycles. The van der Waals surface area contributed by atoms with Crippen LogP contribution in [0.4, 0.5) is 0 Å². The van der Waals surface area contributed by atoms with E-state index in [1.54, 1.807) is 0 Å². The van der Waals surface area contributed by atoms with Crippen LogP contribution in [0.5, 0.6) is 0 Å². The highest BCUT2D eigenvalue weighted by Crippen LogP contribution is 1.97. The summed E-state index contributed by atoms with van der Waals surface area (Å²) in [5.41, 5.74) is 0. The Morgan fingerprint density at radius 2 is 1.77 bits per heavy atom. The Kier molecular flexibility index (Phi) is 9.10. The van der Waals surface area contributed by atoms with Crippen LogP contribution >= 0.6 is 0 Å². The lowest BCUT2D eigenvalue weighted by Crippen LogP contribution is -2.01. The first-order chi connectivity index (χ1) is 6.27. The summed E-state index contributed by atoms with van der Waals surface area (Å²) in [6, 6.07) is 0. The van der Waals surface area contributed by atoms with E-state index < -0.39 is 0 Å². The highest BCUT2D eigenvalue weighted by atomic mass is 16.5. The topological polar surface area (TPSA) is 35.5 Å². The molecule has 0 saturated carbocycles. The Morgan fingerprint density at radius 3 is 2.38 bits per heavy atom. The number of carbonyl (C=O) groups is 1. The molecule has 0 amide bonds. The molecule has 0 unspecified atom stereocenters. The lowest BCUT2D eigenvalue weighted by atomic mass is 10.2. The van der Waals surface area contributed by atoms with Crippen LogP contribution in [0.25, 0.3) is 0 Å². The standard InChI is InChI=1S/C10H20O3/c1-3-7-12-8-5-4-6-9-13-10(2)11/h3-9H2,1-2H3. The number of carbonyl (C=O) groups excluding carboxylic acids is 1. The largest absolute Gasteiger partial charge is 0.466 e. The lowest BCUT2D eigenvalue weighted by Gasteiger charge is -2.02. The van der Waals surface area contributed by atoms with Crippen LogP contribution in [0.1, 0.15) is 39.5 Å². The summed E-state index contributed by atoms with van der Waals surface area (Å²) in [6.07, 6.45) is 4.14. The molecule has 0 saturated heterocycles. The van der Waals surface area contributed by atoms with Crippen molar-refractivity contribution in [2.45, 2.75) is 39.5 Å². The van der Waals surface area contributed by atoms with Crippen molar-refractivity contribution < 1.29 is 14.3 Å². The quantitative estimate of drug-likeness (QED) is 0.432. The highest BCUT2D eigenvalue weighted by molar-refractivity contribution is 5.65. The predicted octanol–water partition coefficient (Wildman–Crippen LogP) is 2.15. The van der Waals surface area contributed by atoms with Crippen LogP contribution in [0.3, 0.4) is 0 Å². The van der Waals surface area contributed by atoms with E-state index in [1.807, 2.05) is 0 Å². The molecule has 0 atom stereocenters. The van der Waals surface area contributed by atoms with E-state index in [0.29, 0.717) is 6.61 Å². The normalized spacial score (nSPS) is 10.0. The number of ether oxygens (including phenoxy) is 2. The number of hydrogen-bond acceptors (Lipinski definition) is 3. The van der Waals surface area contributed by atoms with E-state index in [-0.39, 0.29) is 5.97 Å². The van der Waals surface area contributed by atoms with Crippen molar-refractivity contribution in [3.05, 3.63) is 0 Å². The molecule has 78 valence electrons. The second-order valence-electron chi connectivity index (χ2n) is 3.01. The van der Waals surface area contributed by atoms with Gasteiger partial charge in [-0.15, -0.1) is 0 Å². The van der Waals surface area contributed by atoms with E-state index in [0.717, 1.165) is 38.9 Å². The van der Waals surface area contributed by atoms with Gasteiger partial charge in [0.15, 0.2) is 0 Å². The van der Waals surface area contributed by atoms with Crippen molar-refractivity contribution in [1.82, 2.24) is 0 Å². The Hall–Kier alpha value is -0.570. The number of hydrogen-bond donors (Lipinski definition) is 0. The van der Waals surface area contributed by atoms with Crippen molar-refractivity contribution in [3.8, 4) is 0 Å². The summed E-state index contributed by atoms with van der Waals surface area (Å²) in [5.74, 6) is -0.192. The average molecular weight is 188 g/mol. The van der Waals surface area contributed by atoms with Gasteiger partial charge >= 0.3 is 5.97 Å². The summed E-state index contributed by atoms with van der Waals surface area (Å²) >= 11 is 0. The SMILES string of the molecule is CCCOCCCCCOC(C)=O. The molecule has 3 heteroatoms. The zero-order valence-electron chi connectivity index (χ0n) is 8.67. The summed E-state index contributed by atoms with van der Waals surface area (Å²) < 4.78 is 10.1. The minimum atomic E-state index is -0.192. The number of unbranched alkanes of at least 4 members (excludes halogenated alkanes) is 2. The van der Waals surface area contributed by atoms with Crippen molar-refractivity contribution in [3.63, 3.8) is 0 Å². The van der Waals surface area contributed by atoms with Crippen LogP contribution in [-0.2, 0) is 14.3 Å². The summed E-state index contributed by atoms with van der Waals surface area (Å²) in [6.45, 7) is 5.76. The van der Waals surface area contributed by atoms with Gasteiger partial charge < -0.3 is 9.47 Å². The second-order valence-corrected chi connectivity index (χ2v) is 3.01. The van der Waals surface area contributed by atoms with E-state index in [9.17, 15) is 4.79 Å². The molecule has 0 fully saturated rings. The minimum absolute atomic E-state index is 0.192. The van der Waals surface area contributed by atoms with Crippen molar-refractivity contribution in [1.29, 1.82) is 0 Å². The van der Waals surface area contributed by atoms with Crippen molar-refractivity contribution >= 4 is 5.97 Å². The predicted molar refractivity (Wildman–Crippen MR) is 51.6 cm³/mol. The molecular formula is C10H20O3. The van der Waals surface area contributed by atoms with E-state index in [4.69, 9.17) is 9.47 Å². The van der Waals surface area contributed by atoms with Gasteiger partial charge in [0.2, 0.25) is 0 Å². The van der Waals surface area contributed by atoms with E-state index >= 15 is 0 Å². The van der Waals surface area contributed by atoms with Gasteiger partial charge in [-0.05, 0) is 25.7 Å². The molecule has 0 aliphatic rings. The first kappa shape index (κ1) is 12.4. The average Bonchev–Trinajstić information content (AvgIpc) is 2.09. The third-order valence-electron chi connectivity index (χ3n) is 1.59. The maximum absolute atomic E-state index is 10.4. The summed E-state index contributed by atoms with van der Waals surface area (Å²) in [5, 5.41) is 0. The van der Waals surface area contributed by atoms with Crippen molar-refractivity contribution in [2.75, 3.05) is 19.8 Å². The fourth-order valence-electron chi connectivity index (χ4n) is 0.945. The highest BCUT2D eigenvalue weighted by Gasteiger charge is 1.93. The van der Waals surface area contributed by atoms with Gasteiger partial charge in [0, 0.05) is 20.1 Å². The van der Waals surface area contributed by atoms with Gasteiger partial charge in [-0.25, -0.2) is 0 Å². The van der Waals surface area contributed by atoms with E-state index in [2.05, 4.69) is 6.92 Å². The lowest BCUT2D eigenvalue weighted by molar-refractivity contribution is -0.141. The zero-order valence-corrected chi connectivity index (χ0v) is 8.67. The molecule has 0 spiro atoms. The molecule has 0 radical (unpaired) electrons. The molecule has 3 nitrogen and oxygen atoms in total. The molecule has 0 aromatic carbocycles. The Morgan fingerprint density at radius 1 is 1.08 bits per heavy atom. The molecule has 0 rings (SSSR count). The third kappa shape index (κ3) is 11.4. The fourth-order valence-corrected chi connectivity index (χ4v) is 0.945. The van der Waals surface area contributed by atoms with Gasteiger partial charge in [-0.1, -0.05) is 6.92 Å². The third-order valence-corrected chi connectivity index (χ3v) is 1.59. The van der Waals surface area contributed by atoms with Gasteiger partial charge in [0.1, 0.15) is 0 Å². The van der Waals surface area contributed by atoms with Gasteiger partial charge in [0.25, 0.3) is 0 Å². The molecule has 13 heavy (non-hydrogen) atoms. The Labute approximate surface area is 80.4 Å². The molecule has 0 bridgehead atoms. The molecule has 0 heterocycles. The van der Waals surface area contributed by atoms with Crippen LogP contribution in [0.15, 0.2) is 0 Å². The maximum atomic E-state index is 10.4. The van der Waals surface area contributed by atoms with Gasteiger partial charge in [0.05, 0.1) is 6.61 Å². The van der Waals surface area contributed by atoms with Gasteiger partial charge in [-0.2, -0.15) is 0 Å². The van der Waals surface area contributed by atoms with Crippen LogP contribution in [0, 0.1) is 0 Å². The van der Waals surface area contributed by atoms with Gasteiger partial charge in [-0.3, -0.25) is 4.79 Å². The maximum Gasteiger partial charge on any atom is 0.302 e. The van der Waals surface area contributed by atoms with Crippen molar-refractivity contribution in [2.24, 2.45) is 0 Å². The zero-order chi connectivity index (χ0) is 9.94. The summed E-state index contributed by atoms with van der Waals surface area (Å²) in [4.78, 5) is 10.4. The smallest absolute Gasteiger partial charge is 0.302 e.